The predicted molar refractivity (Wildman–Crippen MR) is 145 cm³/mol. The molecule has 1 saturated heterocycles. The molecular formula is C27H27BrN4O6. The van der Waals surface area contributed by atoms with E-state index in [2.05, 4.69) is 31.5 Å². The molecular weight excluding hydrogens is 556 g/mol. The van der Waals surface area contributed by atoms with Crippen LogP contribution in [0.5, 0.6) is 11.5 Å². The van der Waals surface area contributed by atoms with E-state index in [0.717, 1.165) is 22.9 Å². The fourth-order valence-corrected chi connectivity index (χ4v) is 4.57. The fraction of sp³-hybridized carbons (Fsp3) is 0.259. The molecule has 3 N–H and O–H groups in total. The molecule has 2 aromatic carbocycles. The van der Waals surface area contributed by atoms with Gasteiger partial charge < -0.3 is 30.1 Å². The van der Waals surface area contributed by atoms with Crippen molar-refractivity contribution in [1.82, 2.24) is 9.88 Å². The molecule has 2 heterocycles. The predicted octanol–water partition coefficient (Wildman–Crippen LogP) is 4.81. The van der Waals surface area contributed by atoms with Crippen LogP contribution in [0.3, 0.4) is 0 Å². The van der Waals surface area contributed by atoms with Crippen molar-refractivity contribution < 1.29 is 29.0 Å². The first-order valence-electron chi connectivity index (χ1n) is 11.9. The average molecular weight is 583 g/mol. The zero-order valence-corrected chi connectivity index (χ0v) is 22.2. The third-order valence-corrected chi connectivity index (χ3v) is 6.78. The van der Waals surface area contributed by atoms with Crippen molar-refractivity contribution in [3.63, 3.8) is 0 Å². The topological polar surface area (TPSA) is 130 Å². The second-order valence-corrected chi connectivity index (χ2v) is 9.50. The second kappa shape index (κ2) is 12.4. The molecule has 0 spiro atoms. The zero-order valence-electron chi connectivity index (χ0n) is 20.6. The van der Waals surface area contributed by atoms with Crippen LogP contribution in [0.15, 0.2) is 65.3 Å². The summed E-state index contributed by atoms with van der Waals surface area (Å²) in [6.07, 6.45) is 3.22. The molecule has 0 saturated carbocycles. The molecule has 10 nitrogen and oxygen atoms in total. The Bertz CT molecular complexity index is 1320. The number of rotatable bonds is 9. The number of likely N-dealkylation sites (tertiary alicyclic amines) is 1. The van der Waals surface area contributed by atoms with Crippen molar-refractivity contribution in [2.45, 2.75) is 25.3 Å². The van der Waals surface area contributed by atoms with Crippen molar-refractivity contribution in [3.8, 4) is 11.5 Å². The molecule has 1 aliphatic rings. The summed E-state index contributed by atoms with van der Waals surface area (Å²) in [7, 11) is 1.50. The van der Waals surface area contributed by atoms with Crippen LogP contribution in [0.1, 0.15) is 28.9 Å². The van der Waals surface area contributed by atoms with Crippen LogP contribution in [0, 0.1) is 0 Å². The number of carbonyl (C=O) groups is 3. The minimum absolute atomic E-state index is 0.0371. The average Bonchev–Trinajstić information content (AvgIpc) is 3.39. The highest BCUT2D eigenvalue weighted by Gasteiger charge is 2.29. The minimum atomic E-state index is -1.10. The number of aromatic nitrogens is 1. The van der Waals surface area contributed by atoms with E-state index in [-0.39, 0.29) is 24.1 Å². The first-order chi connectivity index (χ1) is 18.3. The van der Waals surface area contributed by atoms with Gasteiger partial charge in [0.25, 0.3) is 0 Å². The monoisotopic (exact) mass is 582 g/mol. The van der Waals surface area contributed by atoms with E-state index in [9.17, 15) is 14.4 Å². The largest absolute Gasteiger partial charge is 0.495 e. The Balaban J connectivity index is 1.34. The number of methoxy groups -OCH3 is 1. The van der Waals surface area contributed by atoms with Gasteiger partial charge in [0, 0.05) is 11.0 Å². The molecule has 1 unspecified atom stereocenters. The maximum atomic E-state index is 13.1. The lowest BCUT2D eigenvalue weighted by Gasteiger charge is -2.25. The minimum Gasteiger partial charge on any atom is -0.495 e. The van der Waals surface area contributed by atoms with Gasteiger partial charge in [0.05, 0.1) is 37.1 Å². The van der Waals surface area contributed by atoms with Gasteiger partial charge in [0.15, 0.2) is 0 Å². The quantitative estimate of drug-likeness (QED) is 0.330. The molecule has 0 aliphatic carbocycles. The van der Waals surface area contributed by atoms with Crippen LogP contribution in [0.25, 0.3) is 0 Å². The number of carboxylic acids is 1. The fourth-order valence-electron chi connectivity index (χ4n) is 4.19. The van der Waals surface area contributed by atoms with Crippen LogP contribution in [-0.4, -0.2) is 59.2 Å². The number of nitrogens with one attached hydrogen (secondary N) is 2. The highest BCUT2D eigenvalue weighted by atomic mass is 79.9. The number of carbonyl (C=O) groups excluding carboxylic acids is 2. The van der Waals surface area contributed by atoms with Crippen molar-refractivity contribution >= 4 is 45.2 Å². The molecule has 1 atom stereocenters. The summed E-state index contributed by atoms with van der Waals surface area (Å²) in [6.45, 7) is 0.924. The van der Waals surface area contributed by atoms with Gasteiger partial charge in [-0.2, -0.15) is 0 Å². The lowest BCUT2D eigenvalue weighted by molar-refractivity contribution is -0.131. The van der Waals surface area contributed by atoms with E-state index < -0.39 is 12.0 Å². The normalized spacial score (nSPS) is 14.6. The molecule has 38 heavy (non-hydrogen) atoms. The Morgan fingerprint density at radius 3 is 2.61 bits per heavy atom. The molecule has 11 heteroatoms. The second-order valence-electron chi connectivity index (χ2n) is 8.65. The molecule has 3 aromatic rings. The van der Waals surface area contributed by atoms with Crippen molar-refractivity contribution in [1.29, 1.82) is 0 Å². The number of ether oxygens (including phenoxy) is 2. The number of halogens is 1. The number of urea groups is 1. The first-order valence-corrected chi connectivity index (χ1v) is 12.7. The van der Waals surface area contributed by atoms with E-state index >= 15 is 0 Å². The smallest absolute Gasteiger partial charge is 0.354 e. The number of carboxylic acid groups (broad SMARTS) is 1. The Morgan fingerprint density at radius 1 is 1.11 bits per heavy atom. The number of amides is 3. The molecule has 0 radical (unpaired) electrons. The van der Waals surface area contributed by atoms with Gasteiger partial charge in [-0.25, -0.2) is 14.6 Å². The molecule has 1 aromatic heterocycles. The van der Waals surface area contributed by atoms with Gasteiger partial charge in [-0.3, -0.25) is 4.79 Å². The van der Waals surface area contributed by atoms with E-state index in [1.807, 2.05) is 23.1 Å². The number of para-hydroxylation sites is 1. The lowest BCUT2D eigenvalue weighted by Crippen LogP contribution is -2.39. The summed E-state index contributed by atoms with van der Waals surface area (Å²) >= 11 is 3.40. The highest BCUT2D eigenvalue weighted by molar-refractivity contribution is 9.10. The number of benzene rings is 2. The number of hydrogen-bond donors (Lipinski definition) is 3. The van der Waals surface area contributed by atoms with Gasteiger partial charge in [0.1, 0.15) is 23.8 Å². The Morgan fingerprint density at radius 2 is 1.89 bits per heavy atom. The van der Waals surface area contributed by atoms with E-state index in [0.29, 0.717) is 36.0 Å². The molecule has 1 fully saturated rings. The van der Waals surface area contributed by atoms with Gasteiger partial charge in [-0.05, 0) is 70.7 Å². The van der Waals surface area contributed by atoms with Gasteiger partial charge >= 0.3 is 12.0 Å². The number of pyridine rings is 1. The zero-order chi connectivity index (χ0) is 27.1. The van der Waals surface area contributed by atoms with Crippen molar-refractivity contribution in [2.24, 2.45) is 0 Å². The molecule has 4 rings (SSSR count). The van der Waals surface area contributed by atoms with Gasteiger partial charge in [-0.1, -0.05) is 18.2 Å². The maximum absolute atomic E-state index is 13.1. The van der Waals surface area contributed by atoms with Gasteiger partial charge in [0.2, 0.25) is 5.91 Å². The van der Waals surface area contributed by atoms with Gasteiger partial charge in [-0.15, -0.1) is 0 Å². The third kappa shape index (κ3) is 6.80. The number of aromatic carboxylic acids is 1. The molecule has 0 bridgehead atoms. The molecule has 198 valence electrons. The number of nitrogens with zero attached hydrogens (tertiary/aromatic N) is 2. The van der Waals surface area contributed by atoms with Crippen LogP contribution >= 0.6 is 15.9 Å². The molecule has 1 aliphatic heterocycles. The molecule has 3 amide bonds. The summed E-state index contributed by atoms with van der Waals surface area (Å²) in [4.78, 5) is 42.2. The summed E-state index contributed by atoms with van der Waals surface area (Å²) in [5, 5.41) is 14.5. The summed E-state index contributed by atoms with van der Waals surface area (Å²) in [5.74, 6) is -0.250. The van der Waals surface area contributed by atoms with Crippen molar-refractivity contribution in [3.05, 3.63) is 76.5 Å². The van der Waals surface area contributed by atoms with Crippen LogP contribution in [0.2, 0.25) is 0 Å². The van der Waals surface area contributed by atoms with E-state index in [1.165, 1.54) is 19.4 Å². The van der Waals surface area contributed by atoms with E-state index in [4.69, 9.17) is 14.6 Å². The SMILES string of the molecule is COc1cc(CC(=O)N2CCCC2COc2ccc(C(=O)O)nc2)ccc1NC(=O)Nc1ccccc1Br. The first kappa shape index (κ1) is 26.9. The van der Waals surface area contributed by atoms with Crippen LogP contribution in [-0.2, 0) is 11.2 Å². The highest BCUT2D eigenvalue weighted by Crippen LogP contribution is 2.28. The summed E-state index contributed by atoms with van der Waals surface area (Å²) in [5.41, 5.74) is 1.80. The standard InChI is InChI=1S/C27H27BrN4O6/c1-37-24-13-17(8-10-22(24)31-27(36)30-21-7-3-2-6-20(21)28)14-25(33)32-12-4-5-18(32)16-38-19-9-11-23(26(34)35)29-15-19/h2-3,6-11,13,15,18H,4-5,12,14,16H2,1H3,(H,34,35)(H2,30,31,36). The Hall–Kier alpha value is -4.12. The van der Waals surface area contributed by atoms with Crippen LogP contribution in [0.4, 0.5) is 16.2 Å². The summed E-state index contributed by atoms with van der Waals surface area (Å²) in [6, 6.07) is 14.9. The lowest BCUT2D eigenvalue weighted by atomic mass is 10.1. The van der Waals surface area contributed by atoms with E-state index in [1.54, 1.807) is 30.3 Å². The Labute approximate surface area is 228 Å². The number of hydrogen-bond acceptors (Lipinski definition) is 6. The van der Waals surface area contributed by atoms with Crippen molar-refractivity contribution in [2.75, 3.05) is 30.9 Å². The number of anilines is 2. The third-order valence-electron chi connectivity index (χ3n) is 6.09. The Kier molecular flexibility index (Phi) is 8.80. The summed E-state index contributed by atoms with van der Waals surface area (Å²) < 4.78 is 12.0. The van der Waals surface area contributed by atoms with Crippen LogP contribution < -0.4 is 20.1 Å². The maximum Gasteiger partial charge on any atom is 0.354 e.